The summed E-state index contributed by atoms with van der Waals surface area (Å²) in [5.41, 5.74) is 0.351. The van der Waals surface area contributed by atoms with Crippen LogP contribution in [0.4, 0.5) is 0 Å². The fourth-order valence-electron chi connectivity index (χ4n) is 2.89. The van der Waals surface area contributed by atoms with E-state index in [2.05, 4.69) is 21.2 Å². The second-order valence-electron chi connectivity index (χ2n) is 6.99. The van der Waals surface area contributed by atoms with Crippen molar-refractivity contribution in [3.8, 4) is 5.75 Å². The number of ether oxygens (including phenoxy) is 2. The first kappa shape index (κ1) is 22.2. The predicted octanol–water partition coefficient (Wildman–Crippen LogP) is 2.77. The highest BCUT2D eigenvalue weighted by Gasteiger charge is 2.36. The Hall–Kier alpha value is -2.09. The smallest absolute Gasteiger partial charge is 0.308 e. The minimum Gasteiger partial charge on any atom is -0.493 e. The minimum absolute atomic E-state index is 0.173. The number of benzene rings is 1. The second-order valence-corrected chi connectivity index (χ2v) is 7.90. The standard InChI is InChI=1S/C20H27BrN2O5/c1-4-27-17-6-5-14(21)11-15(17)20(26)23-9-8-22-19(25)16(23)12-18(24)28-10-7-13(2)3/h5-6,11,13,16H,4,7-10,12H2,1-3H3,(H,22,25). The summed E-state index contributed by atoms with van der Waals surface area (Å²) in [6.45, 7) is 7.27. The van der Waals surface area contributed by atoms with Gasteiger partial charge in [0.1, 0.15) is 11.8 Å². The van der Waals surface area contributed by atoms with Crippen molar-refractivity contribution in [1.82, 2.24) is 10.2 Å². The van der Waals surface area contributed by atoms with Gasteiger partial charge in [0.25, 0.3) is 5.91 Å². The number of nitrogens with one attached hydrogen (secondary N) is 1. The number of hydrogen-bond acceptors (Lipinski definition) is 5. The number of carbonyl (C=O) groups is 3. The van der Waals surface area contributed by atoms with E-state index in [9.17, 15) is 14.4 Å². The molecule has 1 aliphatic heterocycles. The highest BCUT2D eigenvalue weighted by atomic mass is 79.9. The molecule has 1 heterocycles. The van der Waals surface area contributed by atoms with E-state index in [0.717, 1.165) is 10.9 Å². The van der Waals surface area contributed by atoms with Crippen molar-refractivity contribution in [2.24, 2.45) is 5.92 Å². The van der Waals surface area contributed by atoms with Crippen LogP contribution in [-0.2, 0) is 14.3 Å². The Morgan fingerprint density at radius 2 is 2.11 bits per heavy atom. The summed E-state index contributed by atoms with van der Waals surface area (Å²) in [5, 5.41) is 2.72. The van der Waals surface area contributed by atoms with E-state index in [1.54, 1.807) is 18.2 Å². The van der Waals surface area contributed by atoms with Crippen LogP contribution in [0.2, 0.25) is 0 Å². The number of carbonyl (C=O) groups excluding carboxylic acids is 3. The Morgan fingerprint density at radius 1 is 1.36 bits per heavy atom. The molecule has 28 heavy (non-hydrogen) atoms. The first-order valence-electron chi connectivity index (χ1n) is 9.50. The number of rotatable bonds is 8. The summed E-state index contributed by atoms with van der Waals surface area (Å²) < 4.78 is 11.5. The molecule has 1 unspecified atom stereocenters. The van der Waals surface area contributed by atoms with Crippen molar-refractivity contribution in [3.05, 3.63) is 28.2 Å². The zero-order valence-corrected chi connectivity index (χ0v) is 18.1. The molecule has 1 fully saturated rings. The van der Waals surface area contributed by atoms with Gasteiger partial charge in [-0.05, 0) is 37.5 Å². The second kappa shape index (κ2) is 10.5. The van der Waals surface area contributed by atoms with Crippen LogP contribution in [0.5, 0.6) is 5.75 Å². The number of esters is 1. The van der Waals surface area contributed by atoms with Gasteiger partial charge in [-0.2, -0.15) is 0 Å². The minimum atomic E-state index is -0.902. The molecule has 1 saturated heterocycles. The molecule has 1 aromatic rings. The van der Waals surface area contributed by atoms with Gasteiger partial charge in [0.2, 0.25) is 5.91 Å². The maximum atomic E-state index is 13.2. The van der Waals surface area contributed by atoms with Gasteiger partial charge >= 0.3 is 5.97 Å². The molecule has 0 aliphatic carbocycles. The molecular weight excluding hydrogens is 428 g/mol. The average Bonchev–Trinajstić information content (AvgIpc) is 2.64. The molecule has 154 valence electrons. The number of halogens is 1. The number of amides is 2. The Kier molecular flexibility index (Phi) is 8.29. The van der Waals surface area contributed by atoms with Crippen molar-refractivity contribution >= 4 is 33.7 Å². The van der Waals surface area contributed by atoms with Gasteiger partial charge in [0.05, 0.1) is 25.2 Å². The molecule has 8 heteroatoms. The van der Waals surface area contributed by atoms with Crippen LogP contribution in [0.25, 0.3) is 0 Å². The van der Waals surface area contributed by atoms with E-state index in [1.165, 1.54) is 4.90 Å². The first-order valence-corrected chi connectivity index (χ1v) is 10.3. The number of piperazine rings is 1. The van der Waals surface area contributed by atoms with Gasteiger partial charge in [-0.1, -0.05) is 29.8 Å². The Balaban J connectivity index is 2.17. The topological polar surface area (TPSA) is 84.9 Å². The maximum Gasteiger partial charge on any atom is 0.308 e. The summed E-state index contributed by atoms with van der Waals surface area (Å²) in [7, 11) is 0. The zero-order chi connectivity index (χ0) is 20.7. The van der Waals surface area contributed by atoms with Crippen molar-refractivity contribution < 1.29 is 23.9 Å². The van der Waals surface area contributed by atoms with Gasteiger partial charge in [-0.3, -0.25) is 14.4 Å². The maximum absolute atomic E-state index is 13.2. The molecule has 1 N–H and O–H groups in total. The van der Waals surface area contributed by atoms with Crippen LogP contribution in [0.1, 0.15) is 44.0 Å². The molecule has 2 rings (SSSR count). The van der Waals surface area contributed by atoms with Crippen LogP contribution >= 0.6 is 15.9 Å². The lowest BCUT2D eigenvalue weighted by molar-refractivity contribution is -0.148. The lowest BCUT2D eigenvalue weighted by Crippen LogP contribution is -2.57. The molecule has 0 aromatic heterocycles. The Bertz CT molecular complexity index is 723. The SMILES string of the molecule is CCOc1ccc(Br)cc1C(=O)N1CCNC(=O)C1CC(=O)OCCC(C)C. The van der Waals surface area contributed by atoms with Gasteiger partial charge in [0, 0.05) is 17.6 Å². The van der Waals surface area contributed by atoms with E-state index in [1.807, 2.05) is 20.8 Å². The van der Waals surface area contributed by atoms with Crippen LogP contribution in [-0.4, -0.2) is 55.0 Å². The molecule has 0 bridgehead atoms. The van der Waals surface area contributed by atoms with Crippen molar-refractivity contribution in [1.29, 1.82) is 0 Å². The van der Waals surface area contributed by atoms with Gasteiger partial charge in [0.15, 0.2) is 0 Å². The molecule has 0 saturated carbocycles. The van der Waals surface area contributed by atoms with Crippen molar-refractivity contribution in [2.75, 3.05) is 26.3 Å². The van der Waals surface area contributed by atoms with E-state index in [-0.39, 0.29) is 18.2 Å². The van der Waals surface area contributed by atoms with Crippen LogP contribution in [0, 0.1) is 5.92 Å². The normalized spacial score (nSPS) is 16.7. The number of hydrogen-bond donors (Lipinski definition) is 1. The molecule has 7 nitrogen and oxygen atoms in total. The van der Waals surface area contributed by atoms with Crippen molar-refractivity contribution in [2.45, 2.75) is 39.7 Å². The van der Waals surface area contributed by atoms with E-state index < -0.39 is 12.0 Å². The fraction of sp³-hybridized carbons (Fsp3) is 0.550. The van der Waals surface area contributed by atoms with E-state index in [4.69, 9.17) is 9.47 Å². The number of nitrogens with zero attached hydrogens (tertiary/aromatic N) is 1. The van der Waals surface area contributed by atoms with Crippen LogP contribution in [0.3, 0.4) is 0 Å². The predicted molar refractivity (Wildman–Crippen MR) is 108 cm³/mol. The zero-order valence-electron chi connectivity index (χ0n) is 16.5. The summed E-state index contributed by atoms with van der Waals surface area (Å²) in [6, 6.07) is 4.26. The van der Waals surface area contributed by atoms with E-state index in [0.29, 0.717) is 43.5 Å². The van der Waals surface area contributed by atoms with Crippen molar-refractivity contribution in [3.63, 3.8) is 0 Å². The molecular formula is C20H27BrN2O5. The fourth-order valence-corrected chi connectivity index (χ4v) is 3.25. The first-order chi connectivity index (χ1) is 13.3. The third-order valence-electron chi connectivity index (χ3n) is 4.38. The Morgan fingerprint density at radius 3 is 2.79 bits per heavy atom. The molecule has 0 spiro atoms. The monoisotopic (exact) mass is 454 g/mol. The van der Waals surface area contributed by atoms with Gasteiger partial charge < -0.3 is 19.7 Å². The molecule has 1 aromatic carbocycles. The lowest BCUT2D eigenvalue weighted by atomic mass is 10.1. The van der Waals surface area contributed by atoms with Gasteiger partial charge in [-0.25, -0.2) is 0 Å². The molecule has 2 amide bonds. The quantitative estimate of drug-likeness (QED) is 0.610. The third kappa shape index (κ3) is 5.95. The average molecular weight is 455 g/mol. The summed E-state index contributed by atoms with van der Waals surface area (Å²) in [5.74, 6) is -0.329. The summed E-state index contributed by atoms with van der Waals surface area (Å²) in [6.07, 6.45) is 0.578. The summed E-state index contributed by atoms with van der Waals surface area (Å²) in [4.78, 5) is 39.2. The summed E-state index contributed by atoms with van der Waals surface area (Å²) >= 11 is 3.37. The highest BCUT2D eigenvalue weighted by molar-refractivity contribution is 9.10. The highest BCUT2D eigenvalue weighted by Crippen LogP contribution is 2.26. The van der Waals surface area contributed by atoms with Crippen LogP contribution < -0.4 is 10.1 Å². The van der Waals surface area contributed by atoms with Crippen LogP contribution in [0.15, 0.2) is 22.7 Å². The van der Waals surface area contributed by atoms with E-state index >= 15 is 0 Å². The molecule has 1 aliphatic rings. The molecule has 0 radical (unpaired) electrons. The Labute approximate surface area is 173 Å². The third-order valence-corrected chi connectivity index (χ3v) is 4.88. The molecule has 1 atom stereocenters. The lowest BCUT2D eigenvalue weighted by Gasteiger charge is -2.35. The van der Waals surface area contributed by atoms with Gasteiger partial charge in [-0.15, -0.1) is 0 Å². The largest absolute Gasteiger partial charge is 0.493 e.